The predicted molar refractivity (Wildman–Crippen MR) is 107 cm³/mol. The van der Waals surface area contributed by atoms with Gasteiger partial charge in [-0.15, -0.1) is 0 Å². The van der Waals surface area contributed by atoms with Crippen molar-refractivity contribution in [3.05, 3.63) is 66.4 Å². The van der Waals surface area contributed by atoms with Crippen LogP contribution in [0, 0.1) is 5.82 Å². The summed E-state index contributed by atoms with van der Waals surface area (Å²) in [4.78, 5) is 18.8. The molecule has 5 nitrogen and oxygen atoms in total. The Morgan fingerprint density at radius 3 is 2.50 bits per heavy atom. The Balaban J connectivity index is 1.29. The van der Waals surface area contributed by atoms with Gasteiger partial charge in [-0.05, 0) is 61.4 Å². The number of halogens is 1. The van der Waals surface area contributed by atoms with Gasteiger partial charge in [0.15, 0.2) is 11.7 Å². The van der Waals surface area contributed by atoms with Crippen LogP contribution in [-0.4, -0.2) is 24.0 Å². The smallest absolute Gasteiger partial charge is 0.224 e. The molecule has 2 heterocycles. The van der Waals surface area contributed by atoms with E-state index in [2.05, 4.69) is 15.2 Å². The standard InChI is InChI=1S/C22H22FN3O2/c23-17-5-3-16(4-6-17)20-15-24-22(28-20)12-11-21(27)25-18-7-9-19(10-8-18)26-13-1-2-14-26/h3-10,15H,1-2,11-14H2,(H,25,27). The zero-order valence-electron chi connectivity index (χ0n) is 15.5. The molecule has 1 fully saturated rings. The van der Waals surface area contributed by atoms with Crippen LogP contribution >= 0.6 is 0 Å². The highest BCUT2D eigenvalue weighted by atomic mass is 19.1. The van der Waals surface area contributed by atoms with Crippen LogP contribution in [0.4, 0.5) is 15.8 Å². The van der Waals surface area contributed by atoms with Gasteiger partial charge >= 0.3 is 0 Å². The maximum atomic E-state index is 13.0. The molecule has 6 heteroatoms. The van der Waals surface area contributed by atoms with E-state index in [1.807, 2.05) is 24.3 Å². The molecule has 1 saturated heterocycles. The van der Waals surface area contributed by atoms with Gasteiger partial charge in [0.25, 0.3) is 0 Å². The Kier molecular flexibility index (Phi) is 5.37. The van der Waals surface area contributed by atoms with Crippen LogP contribution < -0.4 is 10.2 Å². The summed E-state index contributed by atoms with van der Waals surface area (Å²) in [6.07, 6.45) is 4.75. The maximum Gasteiger partial charge on any atom is 0.224 e. The fourth-order valence-corrected chi connectivity index (χ4v) is 3.35. The van der Waals surface area contributed by atoms with E-state index in [0.29, 0.717) is 18.1 Å². The summed E-state index contributed by atoms with van der Waals surface area (Å²) >= 11 is 0. The molecule has 0 aliphatic carbocycles. The van der Waals surface area contributed by atoms with Crippen LogP contribution in [0.5, 0.6) is 0 Å². The minimum absolute atomic E-state index is 0.0875. The molecule has 1 aliphatic heterocycles. The highest BCUT2D eigenvalue weighted by Crippen LogP contribution is 2.23. The van der Waals surface area contributed by atoms with E-state index in [0.717, 1.165) is 24.3 Å². The van der Waals surface area contributed by atoms with E-state index in [-0.39, 0.29) is 18.1 Å². The van der Waals surface area contributed by atoms with Gasteiger partial charge in [0.1, 0.15) is 5.82 Å². The van der Waals surface area contributed by atoms with Gasteiger partial charge in [-0.25, -0.2) is 9.37 Å². The zero-order chi connectivity index (χ0) is 19.3. The molecule has 2 aromatic carbocycles. The second-order valence-corrected chi connectivity index (χ2v) is 6.91. The summed E-state index contributed by atoms with van der Waals surface area (Å²) in [5.74, 6) is 0.663. The first-order valence-corrected chi connectivity index (χ1v) is 9.53. The minimum atomic E-state index is -0.298. The molecule has 3 aromatic rings. The molecule has 1 amide bonds. The number of carbonyl (C=O) groups is 1. The number of hydrogen-bond acceptors (Lipinski definition) is 4. The summed E-state index contributed by atoms with van der Waals surface area (Å²) in [5.41, 5.74) is 2.73. The maximum absolute atomic E-state index is 13.0. The van der Waals surface area contributed by atoms with Crippen molar-refractivity contribution in [3.63, 3.8) is 0 Å². The average molecular weight is 379 g/mol. The lowest BCUT2D eigenvalue weighted by Gasteiger charge is -2.17. The van der Waals surface area contributed by atoms with Crippen LogP contribution in [-0.2, 0) is 11.2 Å². The summed E-state index contributed by atoms with van der Waals surface area (Å²) < 4.78 is 18.7. The first-order chi connectivity index (χ1) is 13.7. The third kappa shape index (κ3) is 4.39. The minimum Gasteiger partial charge on any atom is -0.441 e. The number of nitrogens with one attached hydrogen (secondary N) is 1. The largest absolute Gasteiger partial charge is 0.441 e. The Hall–Kier alpha value is -3.15. The summed E-state index contributed by atoms with van der Waals surface area (Å²) in [6.45, 7) is 2.20. The van der Waals surface area contributed by atoms with Crippen molar-refractivity contribution in [2.24, 2.45) is 0 Å². The summed E-state index contributed by atoms with van der Waals surface area (Å²) in [6, 6.07) is 14.0. The van der Waals surface area contributed by atoms with Crippen LogP contribution in [0.25, 0.3) is 11.3 Å². The second-order valence-electron chi connectivity index (χ2n) is 6.91. The third-order valence-corrected chi connectivity index (χ3v) is 4.87. The first kappa shape index (κ1) is 18.2. The predicted octanol–water partition coefficient (Wildman–Crippen LogP) is 4.65. The molecule has 1 aromatic heterocycles. The molecule has 1 N–H and O–H groups in total. The number of anilines is 2. The Bertz CT molecular complexity index is 929. The number of benzene rings is 2. The molecule has 28 heavy (non-hydrogen) atoms. The molecule has 0 radical (unpaired) electrons. The molecule has 0 bridgehead atoms. The molecule has 0 atom stereocenters. The van der Waals surface area contributed by atoms with E-state index in [1.54, 1.807) is 18.3 Å². The normalized spacial score (nSPS) is 13.7. The summed E-state index contributed by atoms with van der Waals surface area (Å²) in [7, 11) is 0. The number of rotatable bonds is 6. The van der Waals surface area contributed by atoms with Crippen molar-refractivity contribution < 1.29 is 13.6 Å². The number of hydrogen-bond donors (Lipinski definition) is 1. The van der Waals surface area contributed by atoms with Crippen molar-refractivity contribution in [3.8, 4) is 11.3 Å². The van der Waals surface area contributed by atoms with E-state index in [4.69, 9.17) is 4.42 Å². The quantitative estimate of drug-likeness (QED) is 0.677. The SMILES string of the molecule is O=C(CCc1ncc(-c2ccc(F)cc2)o1)Nc1ccc(N2CCCC2)cc1. The van der Waals surface area contributed by atoms with Gasteiger partial charge in [-0.2, -0.15) is 0 Å². The van der Waals surface area contributed by atoms with Crippen molar-refractivity contribution in [2.75, 3.05) is 23.3 Å². The number of nitrogens with zero attached hydrogens (tertiary/aromatic N) is 2. The molecule has 0 saturated carbocycles. The van der Waals surface area contributed by atoms with Crippen LogP contribution in [0.3, 0.4) is 0 Å². The number of amides is 1. The van der Waals surface area contributed by atoms with Gasteiger partial charge < -0.3 is 14.6 Å². The van der Waals surface area contributed by atoms with E-state index >= 15 is 0 Å². The topological polar surface area (TPSA) is 58.4 Å². The highest BCUT2D eigenvalue weighted by molar-refractivity contribution is 5.91. The van der Waals surface area contributed by atoms with Crippen LogP contribution in [0.15, 0.2) is 59.1 Å². The lowest BCUT2D eigenvalue weighted by atomic mass is 10.2. The number of carbonyl (C=O) groups excluding carboxylic acids is 1. The lowest BCUT2D eigenvalue weighted by Crippen LogP contribution is -2.17. The van der Waals surface area contributed by atoms with Crippen LogP contribution in [0.2, 0.25) is 0 Å². The van der Waals surface area contributed by atoms with Gasteiger partial charge in [-0.1, -0.05) is 0 Å². The monoisotopic (exact) mass is 379 g/mol. The van der Waals surface area contributed by atoms with Gasteiger partial charge in [0.2, 0.25) is 5.91 Å². The molecule has 0 spiro atoms. The molecular weight excluding hydrogens is 357 g/mol. The van der Waals surface area contributed by atoms with Crippen molar-refractivity contribution in [1.82, 2.24) is 4.98 Å². The third-order valence-electron chi connectivity index (χ3n) is 4.87. The molecule has 144 valence electrons. The molecule has 1 aliphatic rings. The number of aromatic nitrogens is 1. The Morgan fingerprint density at radius 2 is 1.79 bits per heavy atom. The molecule has 4 rings (SSSR count). The molecule has 0 unspecified atom stereocenters. The van der Waals surface area contributed by atoms with Gasteiger partial charge in [-0.3, -0.25) is 4.79 Å². The van der Waals surface area contributed by atoms with Crippen molar-refractivity contribution in [2.45, 2.75) is 25.7 Å². The fraction of sp³-hybridized carbons (Fsp3) is 0.273. The Labute approximate surface area is 163 Å². The number of aryl methyl sites for hydroxylation is 1. The average Bonchev–Trinajstić information content (AvgIpc) is 3.40. The lowest BCUT2D eigenvalue weighted by molar-refractivity contribution is -0.116. The Morgan fingerprint density at radius 1 is 1.07 bits per heavy atom. The first-order valence-electron chi connectivity index (χ1n) is 9.53. The van der Waals surface area contributed by atoms with E-state index in [1.165, 1.54) is 30.7 Å². The highest BCUT2D eigenvalue weighted by Gasteiger charge is 2.13. The van der Waals surface area contributed by atoms with Gasteiger partial charge in [0.05, 0.1) is 6.20 Å². The number of oxazole rings is 1. The van der Waals surface area contributed by atoms with Gasteiger partial charge in [0, 0.05) is 42.9 Å². The van der Waals surface area contributed by atoms with E-state index in [9.17, 15) is 9.18 Å². The zero-order valence-corrected chi connectivity index (χ0v) is 15.5. The van der Waals surface area contributed by atoms with Crippen LogP contribution in [0.1, 0.15) is 25.2 Å². The van der Waals surface area contributed by atoms with E-state index < -0.39 is 0 Å². The molecular formula is C22H22FN3O2. The summed E-state index contributed by atoms with van der Waals surface area (Å²) in [5, 5.41) is 2.91. The second kappa shape index (κ2) is 8.25. The van der Waals surface area contributed by atoms with Crippen molar-refractivity contribution in [1.29, 1.82) is 0 Å². The fourth-order valence-electron chi connectivity index (χ4n) is 3.35. The van der Waals surface area contributed by atoms with Crippen molar-refractivity contribution >= 4 is 17.3 Å².